The van der Waals surface area contributed by atoms with Gasteiger partial charge in [-0.15, -0.1) is 0 Å². The molecule has 2 heterocycles. The first-order valence-corrected chi connectivity index (χ1v) is 24.1. The molecule has 0 radical (unpaired) electrons. The van der Waals surface area contributed by atoms with Crippen LogP contribution >= 0.6 is 0 Å². The van der Waals surface area contributed by atoms with Crippen LogP contribution in [-0.4, -0.2) is 16.1 Å². The second kappa shape index (κ2) is 13.9. The highest BCUT2D eigenvalue weighted by Gasteiger charge is 2.50. The van der Waals surface area contributed by atoms with Gasteiger partial charge in [-0.2, -0.15) is 0 Å². The van der Waals surface area contributed by atoms with Gasteiger partial charge in [-0.25, -0.2) is 0 Å². The maximum Gasteiger partial charge on any atom is 0.184 e. The van der Waals surface area contributed by atoms with Crippen molar-refractivity contribution in [3.63, 3.8) is 0 Å². The number of fused-ring (bicyclic) bond motifs is 4. The molecule has 0 saturated carbocycles. The molecule has 0 atom stereocenters. The molecule has 0 bridgehead atoms. The first kappa shape index (κ1) is 34.3. The zero-order valence-corrected chi connectivity index (χ0v) is 34.0. The third-order valence-corrected chi connectivity index (χ3v) is 22.1. The summed E-state index contributed by atoms with van der Waals surface area (Å²) in [6.45, 7) is 0. The maximum atomic E-state index is 2.51. The summed E-state index contributed by atoms with van der Waals surface area (Å²) in [5.41, 5.74) is 7.20. The molecular weight excluding hydrogens is 733 g/mol. The molecule has 9 aromatic rings. The SMILES string of the molecule is c1ccc([Si]2(c3ccccc3)c3ccccc3N(c3cccc(N4c5ccccc5[Si](c5ccccc5)(c5ccccc5)c5ccccc54)c3)c3ccccc32)cc1. The van der Waals surface area contributed by atoms with Crippen LogP contribution in [0.15, 0.2) is 243 Å². The molecule has 0 amide bonds. The van der Waals surface area contributed by atoms with Crippen molar-refractivity contribution in [2.24, 2.45) is 0 Å². The van der Waals surface area contributed by atoms with Crippen LogP contribution in [0.2, 0.25) is 0 Å². The van der Waals surface area contributed by atoms with Gasteiger partial charge in [0.1, 0.15) is 0 Å². The lowest BCUT2D eigenvalue weighted by molar-refractivity contribution is 1.25. The Kier molecular flexibility index (Phi) is 8.21. The maximum absolute atomic E-state index is 2.72. The van der Waals surface area contributed by atoms with Gasteiger partial charge in [0.25, 0.3) is 0 Å². The van der Waals surface area contributed by atoms with Gasteiger partial charge in [0.2, 0.25) is 0 Å². The van der Waals surface area contributed by atoms with Gasteiger partial charge < -0.3 is 9.80 Å². The summed E-state index contributed by atoms with van der Waals surface area (Å²) in [6.07, 6.45) is 0. The Labute approximate surface area is 342 Å². The summed E-state index contributed by atoms with van der Waals surface area (Å²) in [4.78, 5) is 5.03. The fourth-order valence-corrected chi connectivity index (χ4v) is 20.4. The van der Waals surface area contributed by atoms with Gasteiger partial charge in [-0.3, -0.25) is 0 Å². The van der Waals surface area contributed by atoms with Crippen molar-refractivity contribution < 1.29 is 0 Å². The van der Waals surface area contributed by atoms with Gasteiger partial charge in [0, 0.05) is 34.1 Å². The van der Waals surface area contributed by atoms with E-state index in [0.717, 1.165) is 11.4 Å². The zero-order chi connectivity index (χ0) is 38.5. The average Bonchev–Trinajstić information content (AvgIpc) is 3.31. The van der Waals surface area contributed by atoms with E-state index < -0.39 is 16.1 Å². The first-order chi connectivity index (χ1) is 28.8. The van der Waals surface area contributed by atoms with Crippen molar-refractivity contribution >= 4 is 91.8 Å². The molecule has 0 spiro atoms. The Hall–Kier alpha value is -6.99. The van der Waals surface area contributed by atoms with E-state index in [1.807, 2.05) is 0 Å². The fourth-order valence-electron chi connectivity index (χ4n) is 10.2. The van der Waals surface area contributed by atoms with Gasteiger partial charge in [0.05, 0.1) is 0 Å². The van der Waals surface area contributed by atoms with Crippen molar-refractivity contribution in [3.05, 3.63) is 243 Å². The first-order valence-electron chi connectivity index (χ1n) is 20.1. The van der Waals surface area contributed by atoms with E-state index in [1.54, 1.807) is 0 Å². The predicted octanol–water partition coefficient (Wildman–Crippen LogP) is 8.01. The molecular formula is C54H40N2Si2. The molecule has 0 fully saturated rings. The number of hydrogen-bond donors (Lipinski definition) is 0. The minimum Gasteiger partial charge on any atom is -0.311 e. The standard InChI is InChI=1S/C54H40N2Si2/c1-5-24-43(25-6-1)57(44-26-7-2-8-27-44)51-36-17-13-32-47(51)55(48-33-14-18-37-52(48)57)41-22-21-23-42(40-41)56-49-34-15-19-38-53(49)58(45-28-9-3-10-29-45,46-30-11-4-12-31-46)54-39-20-16-35-50(54)56/h1-40H. The zero-order valence-electron chi connectivity index (χ0n) is 32.0. The fraction of sp³-hybridized carbons (Fsp3) is 0. The lowest BCUT2D eigenvalue weighted by Gasteiger charge is -2.46. The minimum absolute atomic E-state index is 1.14. The summed E-state index contributed by atoms with van der Waals surface area (Å²) in [5.74, 6) is 0. The molecule has 2 aliphatic heterocycles. The second-order valence-corrected chi connectivity index (χ2v) is 22.7. The Bertz CT molecular complexity index is 2540. The lowest BCUT2D eigenvalue weighted by Crippen LogP contribution is -2.77. The van der Waals surface area contributed by atoms with Gasteiger partial charge in [0.15, 0.2) is 16.1 Å². The summed E-state index contributed by atoms with van der Waals surface area (Å²) >= 11 is 0. The van der Waals surface area contributed by atoms with E-state index in [4.69, 9.17) is 0 Å². The molecule has 0 saturated heterocycles. The van der Waals surface area contributed by atoms with E-state index in [2.05, 4.69) is 252 Å². The Balaban J connectivity index is 1.14. The van der Waals surface area contributed by atoms with E-state index in [-0.39, 0.29) is 0 Å². The quantitative estimate of drug-likeness (QED) is 0.158. The molecule has 0 N–H and O–H groups in total. The molecule has 58 heavy (non-hydrogen) atoms. The topological polar surface area (TPSA) is 6.48 Å². The van der Waals surface area contributed by atoms with Gasteiger partial charge in [-0.05, 0) is 84.0 Å². The average molecular weight is 773 g/mol. The number of benzene rings is 9. The summed E-state index contributed by atoms with van der Waals surface area (Å²) < 4.78 is 0. The molecule has 2 nitrogen and oxygen atoms in total. The summed E-state index contributed by atoms with van der Waals surface area (Å²) in [7, 11) is -5.44. The van der Waals surface area contributed by atoms with Crippen LogP contribution in [-0.2, 0) is 0 Å². The number of rotatable bonds is 6. The monoisotopic (exact) mass is 772 g/mol. The number of anilines is 6. The molecule has 4 heteroatoms. The Morgan fingerprint density at radius 2 is 0.466 bits per heavy atom. The van der Waals surface area contributed by atoms with Crippen molar-refractivity contribution in [1.82, 2.24) is 0 Å². The summed E-state index contributed by atoms with van der Waals surface area (Å²) in [6, 6.07) is 90.8. The van der Waals surface area contributed by atoms with Crippen LogP contribution in [0.4, 0.5) is 34.1 Å². The highest BCUT2D eigenvalue weighted by molar-refractivity contribution is 7.22. The molecule has 0 aromatic heterocycles. The van der Waals surface area contributed by atoms with Gasteiger partial charge in [-0.1, -0.05) is 200 Å². The van der Waals surface area contributed by atoms with E-state index >= 15 is 0 Å². The number of para-hydroxylation sites is 4. The molecule has 274 valence electrons. The third-order valence-electron chi connectivity index (χ3n) is 12.4. The van der Waals surface area contributed by atoms with Crippen LogP contribution in [0.5, 0.6) is 0 Å². The molecule has 0 unspecified atom stereocenters. The molecule has 9 aromatic carbocycles. The van der Waals surface area contributed by atoms with Crippen LogP contribution in [0, 0.1) is 0 Å². The largest absolute Gasteiger partial charge is 0.311 e. The normalized spacial score (nSPS) is 14.4. The van der Waals surface area contributed by atoms with Crippen LogP contribution in [0.25, 0.3) is 0 Å². The second-order valence-electron chi connectivity index (χ2n) is 15.2. The third kappa shape index (κ3) is 4.95. The smallest absolute Gasteiger partial charge is 0.184 e. The van der Waals surface area contributed by atoms with Crippen molar-refractivity contribution in [3.8, 4) is 0 Å². The Morgan fingerprint density at radius 3 is 0.741 bits per heavy atom. The van der Waals surface area contributed by atoms with Crippen molar-refractivity contribution in [2.75, 3.05) is 9.80 Å². The van der Waals surface area contributed by atoms with Gasteiger partial charge >= 0.3 is 0 Å². The lowest BCUT2D eigenvalue weighted by atomic mass is 10.1. The summed E-state index contributed by atoms with van der Waals surface area (Å²) in [5, 5.41) is 11.1. The van der Waals surface area contributed by atoms with Crippen molar-refractivity contribution in [2.45, 2.75) is 0 Å². The molecule has 0 aliphatic carbocycles. The van der Waals surface area contributed by atoms with Crippen LogP contribution in [0.1, 0.15) is 0 Å². The van der Waals surface area contributed by atoms with Crippen molar-refractivity contribution in [1.29, 1.82) is 0 Å². The highest BCUT2D eigenvalue weighted by Crippen LogP contribution is 2.43. The van der Waals surface area contributed by atoms with E-state index in [0.29, 0.717) is 0 Å². The Morgan fingerprint density at radius 1 is 0.224 bits per heavy atom. The predicted molar refractivity (Wildman–Crippen MR) is 250 cm³/mol. The highest BCUT2D eigenvalue weighted by atomic mass is 28.3. The molecule has 2 aliphatic rings. The number of nitrogens with zero attached hydrogens (tertiary/aromatic N) is 2. The van der Waals surface area contributed by atoms with E-state index in [9.17, 15) is 0 Å². The van der Waals surface area contributed by atoms with E-state index in [1.165, 1.54) is 64.2 Å². The van der Waals surface area contributed by atoms with Crippen LogP contribution in [0.3, 0.4) is 0 Å². The number of hydrogen-bond acceptors (Lipinski definition) is 2. The minimum atomic E-state index is -2.72. The van der Waals surface area contributed by atoms with Crippen LogP contribution < -0.4 is 51.3 Å². The molecule has 11 rings (SSSR count).